The zero-order valence-corrected chi connectivity index (χ0v) is 13.7. The van der Waals surface area contributed by atoms with Gasteiger partial charge in [-0.2, -0.15) is 0 Å². The van der Waals surface area contributed by atoms with Gasteiger partial charge in [-0.05, 0) is 32.4 Å². The quantitative estimate of drug-likeness (QED) is 0.947. The number of likely N-dealkylation sites (tertiary alicyclic amines) is 1. The van der Waals surface area contributed by atoms with E-state index < -0.39 is 0 Å². The van der Waals surface area contributed by atoms with E-state index in [0.29, 0.717) is 11.7 Å². The highest BCUT2D eigenvalue weighted by Gasteiger charge is 2.35. The average molecular weight is 317 g/mol. The molecule has 1 aromatic carbocycles. The van der Waals surface area contributed by atoms with Crippen LogP contribution < -0.4 is 5.32 Å². The largest absolute Gasteiger partial charge is 0.339 e. The number of fused-ring (bicyclic) bond motifs is 1. The number of rotatable bonds is 3. The zero-order chi connectivity index (χ0) is 15.9. The average Bonchev–Trinajstić information content (AvgIpc) is 3.03. The van der Waals surface area contributed by atoms with E-state index in [4.69, 9.17) is 0 Å². The van der Waals surface area contributed by atoms with Gasteiger partial charge < -0.3 is 10.2 Å². The Morgan fingerprint density at radius 2 is 2.23 bits per heavy atom. The molecule has 1 fully saturated rings. The van der Waals surface area contributed by atoms with E-state index in [1.807, 2.05) is 39.0 Å². The molecule has 1 atom stereocenters. The molecule has 3 rings (SSSR count). The van der Waals surface area contributed by atoms with Gasteiger partial charge in [0.2, 0.25) is 11.8 Å². The minimum absolute atomic E-state index is 0.0512. The molecule has 1 N–H and O–H groups in total. The molecular weight excluding hydrogens is 298 g/mol. The second kappa shape index (κ2) is 5.68. The summed E-state index contributed by atoms with van der Waals surface area (Å²) in [4.78, 5) is 30.5. The smallest absolute Gasteiger partial charge is 0.231 e. The Morgan fingerprint density at radius 1 is 1.45 bits per heavy atom. The first kappa shape index (κ1) is 15.0. The van der Waals surface area contributed by atoms with Gasteiger partial charge in [-0.25, -0.2) is 4.98 Å². The SMILES string of the molecule is Cc1cccc2sc(NC(=O)[C@H]3CC(=O)N(C(C)C)C3)nc12. The number of amides is 2. The van der Waals surface area contributed by atoms with Gasteiger partial charge in [0.15, 0.2) is 5.13 Å². The first-order valence-corrected chi connectivity index (χ1v) is 8.24. The highest BCUT2D eigenvalue weighted by molar-refractivity contribution is 7.22. The molecule has 0 saturated carbocycles. The van der Waals surface area contributed by atoms with E-state index in [1.54, 1.807) is 4.90 Å². The third kappa shape index (κ3) is 2.70. The second-order valence-electron chi connectivity index (χ2n) is 5.97. The number of hydrogen-bond acceptors (Lipinski definition) is 4. The van der Waals surface area contributed by atoms with Gasteiger partial charge in [-0.1, -0.05) is 23.5 Å². The molecule has 1 aliphatic heterocycles. The van der Waals surface area contributed by atoms with E-state index in [1.165, 1.54) is 11.3 Å². The highest BCUT2D eigenvalue weighted by Crippen LogP contribution is 2.29. The molecule has 1 aromatic heterocycles. The van der Waals surface area contributed by atoms with E-state index in [-0.39, 0.29) is 30.2 Å². The van der Waals surface area contributed by atoms with Crippen LogP contribution in [-0.4, -0.2) is 34.3 Å². The molecule has 2 heterocycles. The fourth-order valence-corrected chi connectivity index (χ4v) is 3.70. The van der Waals surface area contributed by atoms with Gasteiger partial charge in [0.25, 0.3) is 0 Å². The first-order chi connectivity index (χ1) is 10.5. The van der Waals surface area contributed by atoms with Crippen molar-refractivity contribution in [3.63, 3.8) is 0 Å². The number of carbonyl (C=O) groups is 2. The van der Waals surface area contributed by atoms with Crippen LogP contribution in [0.3, 0.4) is 0 Å². The number of para-hydroxylation sites is 1. The third-order valence-electron chi connectivity index (χ3n) is 4.00. The minimum atomic E-state index is -0.289. The summed E-state index contributed by atoms with van der Waals surface area (Å²) < 4.78 is 1.06. The van der Waals surface area contributed by atoms with Crippen LogP contribution in [0.2, 0.25) is 0 Å². The fraction of sp³-hybridized carbons (Fsp3) is 0.438. The van der Waals surface area contributed by atoms with Crippen LogP contribution in [0.15, 0.2) is 18.2 Å². The molecule has 0 aliphatic carbocycles. The van der Waals surface area contributed by atoms with Gasteiger partial charge in [0, 0.05) is 19.0 Å². The first-order valence-electron chi connectivity index (χ1n) is 7.42. The zero-order valence-electron chi connectivity index (χ0n) is 12.9. The monoisotopic (exact) mass is 317 g/mol. The van der Waals surface area contributed by atoms with Crippen LogP contribution in [-0.2, 0) is 9.59 Å². The van der Waals surface area contributed by atoms with Crippen LogP contribution >= 0.6 is 11.3 Å². The summed E-state index contributed by atoms with van der Waals surface area (Å²) in [6.07, 6.45) is 0.286. The lowest BCUT2D eigenvalue weighted by Gasteiger charge is -2.20. The predicted octanol–water partition coefficient (Wildman–Crippen LogP) is 2.80. The molecule has 2 amide bonds. The molecule has 5 nitrogen and oxygen atoms in total. The normalized spacial score (nSPS) is 18.5. The number of aromatic nitrogens is 1. The van der Waals surface area contributed by atoms with Gasteiger partial charge in [-0.3, -0.25) is 9.59 Å². The summed E-state index contributed by atoms with van der Waals surface area (Å²) in [7, 11) is 0. The predicted molar refractivity (Wildman–Crippen MR) is 87.9 cm³/mol. The van der Waals surface area contributed by atoms with Crippen LogP contribution in [0, 0.1) is 12.8 Å². The molecule has 0 unspecified atom stereocenters. The van der Waals surface area contributed by atoms with Gasteiger partial charge in [-0.15, -0.1) is 0 Å². The number of nitrogens with one attached hydrogen (secondary N) is 1. The number of thiazole rings is 1. The van der Waals surface area contributed by atoms with Crippen LogP contribution in [0.4, 0.5) is 5.13 Å². The molecule has 0 radical (unpaired) electrons. The Hall–Kier alpha value is -1.95. The van der Waals surface area contributed by atoms with E-state index >= 15 is 0 Å². The van der Waals surface area contributed by atoms with Crippen molar-refractivity contribution in [2.75, 3.05) is 11.9 Å². The number of benzene rings is 1. The summed E-state index contributed by atoms with van der Waals surface area (Å²) in [6, 6.07) is 6.12. The Bertz CT molecular complexity index is 738. The summed E-state index contributed by atoms with van der Waals surface area (Å²) >= 11 is 1.46. The Labute approximate surface area is 133 Å². The van der Waals surface area contributed by atoms with Crippen molar-refractivity contribution >= 4 is 38.5 Å². The van der Waals surface area contributed by atoms with Gasteiger partial charge in [0.1, 0.15) is 0 Å². The van der Waals surface area contributed by atoms with Crippen molar-refractivity contribution in [3.8, 4) is 0 Å². The molecule has 2 aromatic rings. The number of carbonyl (C=O) groups excluding carboxylic acids is 2. The molecule has 6 heteroatoms. The van der Waals surface area contributed by atoms with Crippen molar-refractivity contribution < 1.29 is 9.59 Å². The molecule has 0 spiro atoms. The standard InChI is InChI=1S/C16H19N3O2S/c1-9(2)19-8-11(7-13(19)20)15(21)18-16-17-14-10(3)5-4-6-12(14)22-16/h4-6,9,11H,7-8H2,1-3H3,(H,17,18,21)/t11-/m0/s1. The maximum absolute atomic E-state index is 12.4. The molecule has 22 heavy (non-hydrogen) atoms. The van der Waals surface area contributed by atoms with Crippen molar-refractivity contribution in [1.82, 2.24) is 9.88 Å². The van der Waals surface area contributed by atoms with Gasteiger partial charge >= 0.3 is 0 Å². The van der Waals surface area contributed by atoms with Crippen molar-refractivity contribution in [3.05, 3.63) is 23.8 Å². The molecular formula is C16H19N3O2S. The highest BCUT2D eigenvalue weighted by atomic mass is 32.1. The lowest BCUT2D eigenvalue weighted by atomic mass is 10.1. The Morgan fingerprint density at radius 3 is 2.86 bits per heavy atom. The minimum Gasteiger partial charge on any atom is -0.339 e. The molecule has 116 valence electrons. The second-order valence-corrected chi connectivity index (χ2v) is 7.00. The summed E-state index contributed by atoms with van der Waals surface area (Å²) in [5.74, 6) is -0.355. The molecule has 1 saturated heterocycles. The molecule has 1 aliphatic rings. The lowest BCUT2D eigenvalue weighted by Crippen LogP contribution is -2.33. The van der Waals surface area contributed by atoms with E-state index in [9.17, 15) is 9.59 Å². The van der Waals surface area contributed by atoms with Crippen molar-refractivity contribution in [2.24, 2.45) is 5.92 Å². The summed E-state index contributed by atoms with van der Waals surface area (Å²) in [5, 5.41) is 3.47. The maximum atomic E-state index is 12.4. The number of aryl methyl sites for hydroxylation is 1. The Balaban J connectivity index is 1.74. The third-order valence-corrected chi connectivity index (χ3v) is 4.94. The maximum Gasteiger partial charge on any atom is 0.231 e. The number of nitrogens with zero attached hydrogens (tertiary/aromatic N) is 2. The van der Waals surface area contributed by atoms with Crippen molar-refractivity contribution in [1.29, 1.82) is 0 Å². The lowest BCUT2D eigenvalue weighted by molar-refractivity contribution is -0.129. The van der Waals surface area contributed by atoms with E-state index in [0.717, 1.165) is 15.8 Å². The fourth-order valence-electron chi connectivity index (χ4n) is 2.75. The van der Waals surface area contributed by atoms with Crippen LogP contribution in [0.1, 0.15) is 25.8 Å². The van der Waals surface area contributed by atoms with Crippen molar-refractivity contribution in [2.45, 2.75) is 33.2 Å². The van der Waals surface area contributed by atoms with Crippen LogP contribution in [0.25, 0.3) is 10.2 Å². The summed E-state index contributed by atoms with van der Waals surface area (Å²) in [5.41, 5.74) is 2.02. The van der Waals surface area contributed by atoms with Gasteiger partial charge in [0.05, 0.1) is 16.1 Å². The number of anilines is 1. The van der Waals surface area contributed by atoms with Crippen LogP contribution in [0.5, 0.6) is 0 Å². The number of hydrogen-bond donors (Lipinski definition) is 1. The Kier molecular flexibility index (Phi) is 3.87. The van der Waals surface area contributed by atoms with E-state index in [2.05, 4.69) is 10.3 Å². The topological polar surface area (TPSA) is 62.3 Å². The molecule has 0 bridgehead atoms. The summed E-state index contributed by atoms with van der Waals surface area (Å²) in [6.45, 7) is 6.43.